The smallest absolute Gasteiger partial charge is 0.279 e. The Morgan fingerprint density at radius 3 is 2.70 bits per heavy atom. The van der Waals surface area contributed by atoms with Crippen LogP contribution in [0.5, 0.6) is 0 Å². The molecule has 0 aromatic heterocycles. The lowest BCUT2D eigenvalue weighted by atomic mass is 10.0. The highest BCUT2D eigenvalue weighted by atomic mass is 32.2. The van der Waals surface area contributed by atoms with Crippen LogP contribution in [0.3, 0.4) is 0 Å². The molecular weight excluding hydrogens is 276 g/mol. The molecule has 2 unspecified atom stereocenters. The van der Waals surface area contributed by atoms with Gasteiger partial charge in [0, 0.05) is 31.7 Å². The van der Waals surface area contributed by atoms with Gasteiger partial charge in [0.2, 0.25) is 0 Å². The van der Waals surface area contributed by atoms with E-state index in [2.05, 4.69) is 23.6 Å². The molecule has 2 fully saturated rings. The van der Waals surface area contributed by atoms with Crippen LogP contribution in [0.15, 0.2) is 0 Å². The normalized spacial score (nSPS) is 26.9. The fraction of sp³-hybridized carbons (Fsp3) is 1.00. The van der Waals surface area contributed by atoms with Gasteiger partial charge in [0.05, 0.1) is 0 Å². The quantitative estimate of drug-likeness (QED) is 0.692. The van der Waals surface area contributed by atoms with Crippen LogP contribution < -0.4 is 10.5 Å². The zero-order chi connectivity index (χ0) is 14.8. The van der Waals surface area contributed by atoms with Crippen molar-refractivity contribution in [1.29, 1.82) is 0 Å². The second kappa shape index (κ2) is 6.70. The van der Waals surface area contributed by atoms with Crippen molar-refractivity contribution in [3.8, 4) is 0 Å². The Bertz CT molecular complexity index is 411. The number of nitrogens with two attached hydrogens (primary N) is 1. The minimum atomic E-state index is -3.36. The van der Waals surface area contributed by atoms with Crippen LogP contribution in [-0.2, 0) is 10.2 Å². The third-order valence-corrected chi connectivity index (χ3v) is 6.08. The topological polar surface area (TPSA) is 78.7 Å². The number of piperidine rings is 1. The third kappa shape index (κ3) is 4.14. The van der Waals surface area contributed by atoms with Crippen LogP contribution in [0, 0.1) is 5.92 Å². The highest BCUT2D eigenvalue weighted by Crippen LogP contribution is 2.26. The number of hydrogen-bond donors (Lipinski definition) is 2. The molecule has 0 aromatic rings. The molecule has 1 heterocycles. The fourth-order valence-electron chi connectivity index (χ4n) is 2.74. The summed E-state index contributed by atoms with van der Waals surface area (Å²) in [5.41, 5.74) is 5.66. The van der Waals surface area contributed by atoms with E-state index >= 15 is 0 Å². The van der Waals surface area contributed by atoms with E-state index in [4.69, 9.17) is 5.73 Å². The van der Waals surface area contributed by atoms with Crippen molar-refractivity contribution in [2.45, 2.75) is 44.7 Å². The molecule has 0 bridgehead atoms. The molecule has 1 saturated carbocycles. The Morgan fingerprint density at radius 1 is 1.40 bits per heavy atom. The van der Waals surface area contributed by atoms with Crippen molar-refractivity contribution in [3.05, 3.63) is 0 Å². The molecule has 0 radical (unpaired) electrons. The van der Waals surface area contributed by atoms with Crippen molar-refractivity contribution in [1.82, 2.24) is 13.9 Å². The largest absolute Gasteiger partial charge is 0.330 e. The Balaban J connectivity index is 1.83. The van der Waals surface area contributed by atoms with Gasteiger partial charge in [-0.25, -0.2) is 4.72 Å². The molecule has 7 heteroatoms. The summed E-state index contributed by atoms with van der Waals surface area (Å²) in [5.74, 6) is 0.298. The SMILES string of the molecule is CC(CNS(=O)(=O)N1CCCC(CN)C1)N(C)C1CC1. The highest BCUT2D eigenvalue weighted by molar-refractivity contribution is 7.87. The maximum absolute atomic E-state index is 12.3. The van der Waals surface area contributed by atoms with E-state index in [0.29, 0.717) is 38.1 Å². The summed E-state index contributed by atoms with van der Waals surface area (Å²) in [6.45, 7) is 4.27. The summed E-state index contributed by atoms with van der Waals surface area (Å²) in [4.78, 5) is 2.27. The number of nitrogens with one attached hydrogen (secondary N) is 1. The minimum absolute atomic E-state index is 0.229. The predicted molar refractivity (Wildman–Crippen MR) is 80.5 cm³/mol. The fourth-order valence-corrected chi connectivity index (χ4v) is 4.15. The lowest BCUT2D eigenvalue weighted by Gasteiger charge is -2.32. The summed E-state index contributed by atoms with van der Waals surface area (Å²) in [7, 11) is -1.29. The van der Waals surface area contributed by atoms with E-state index in [0.717, 1.165) is 12.8 Å². The van der Waals surface area contributed by atoms with Gasteiger partial charge in [0.15, 0.2) is 0 Å². The molecule has 2 atom stereocenters. The molecule has 0 amide bonds. The van der Waals surface area contributed by atoms with Gasteiger partial charge in [-0.1, -0.05) is 0 Å². The zero-order valence-corrected chi connectivity index (χ0v) is 13.4. The monoisotopic (exact) mass is 304 g/mol. The first-order valence-electron chi connectivity index (χ1n) is 7.60. The number of hydrogen-bond acceptors (Lipinski definition) is 4. The first-order valence-corrected chi connectivity index (χ1v) is 9.04. The Morgan fingerprint density at radius 2 is 2.10 bits per heavy atom. The summed E-state index contributed by atoms with van der Waals surface area (Å²) >= 11 is 0. The lowest BCUT2D eigenvalue weighted by Crippen LogP contribution is -2.50. The van der Waals surface area contributed by atoms with Crippen LogP contribution in [0.25, 0.3) is 0 Å². The van der Waals surface area contributed by atoms with Crippen LogP contribution >= 0.6 is 0 Å². The average Bonchev–Trinajstić information content (AvgIpc) is 3.28. The van der Waals surface area contributed by atoms with E-state index < -0.39 is 10.2 Å². The molecule has 1 saturated heterocycles. The summed E-state index contributed by atoms with van der Waals surface area (Å²) < 4.78 is 28.9. The summed E-state index contributed by atoms with van der Waals surface area (Å²) in [6.07, 6.45) is 4.40. The van der Waals surface area contributed by atoms with Gasteiger partial charge >= 0.3 is 0 Å². The molecule has 3 N–H and O–H groups in total. The molecule has 0 aromatic carbocycles. The average molecular weight is 304 g/mol. The predicted octanol–water partition coefficient (Wildman–Crippen LogP) is -0.0258. The van der Waals surface area contributed by atoms with E-state index in [1.165, 1.54) is 12.8 Å². The second-order valence-corrected chi connectivity index (χ2v) is 7.96. The molecule has 0 spiro atoms. The highest BCUT2D eigenvalue weighted by Gasteiger charge is 2.31. The van der Waals surface area contributed by atoms with Crippen LogP contribution in [0.1, 0.15) is 32.6 Å². The summed E-state index contributed by atoms with van der Waals surface area (Å²) in [5, 5.41) is 0. The molecular formula is C13H28N4O2S. The maximum Gasteiger partial charge on any atom is 0.279 e. The standard InChI is InChI=1S/C13H28N4O2S/c1-11(16(2)13-5-6-13)9-15-20(18,19)17-7-3-4-12(8-14)10-17/h11-13,15H,3-10,14H2,1-2H3. The van der Waals surface area contributed by atoms with Crippen molar-refractivity contribution in [3.63, 3.8) is 0 Å². The molecule has 6 nitrogen and oxygen atoms in total. The number of rotatable bonds is 7. The van der Waals surface area contributed by atoms with Gasteiger partial charge in [-0.2, -0.15) is 12.7 Å². The molecule has 2 aliphatic rings. The zero-order valence-electron chi connectivity index (χ0n) is 12.6. The second-order valence-electron chi connectivity index (χ2n) is 6.20. The van der Waals surface area contributed by atoms with E-state index in [9.17, 15) is 8.42 Å². The number of nitrogens with zero attached hydrogens (tertiary/aromatic N) is 2. The Kier molecular flexibility index (Phi) is 5.42. The van der Waals surface area contributed by atoms with Crippen LogP contribution in [0.4, 0.5) is 0 Å². The lowest BCUT2D eigenvalue weighted by molar-refractivity contribution is 0.242. The summed E-state index contributed by atoms with van der Waals surface area (Å²) in [6, 6.07) is 0.874. The number of likely N-dealkylation sites (N-methyl/N-ethyl adjacent to an activating group) is 1. The van der Waals surface area contributed by atoms with E-state index in [-0.39, 0.29) is 6.04 Å². The van der Waals surface area contributed by atoms with Crippen molar-refractivity contribution in [2.75, 3.05) is 33.2 Å². The van der Waals surface area contributed by atoms with Gasteiger partial charge in [-0.15, -0.1) is 0 Å². The third-order valence-electron chi connectivity index (χ3n) is 4.53. The van der Waals surface area contributed by atoms with Crippen molar-refractivity contribution >= 4 is 10.2 Å². The van der Waals surface area contributed by atoms with E-state index in [1.807, 2.05) is 0 Å². The van der Waals surface area contributed by atoms with Crippen LogP contribution in [0.2, 0.25) is 0 Å². The van der Waals surface area contributed by atoms with E-state index in [1.54, 1.807) is 4.31 Å². The first kappa shape index (κ1) is 16.2. The molecule has 2 rings (SSSR count). The molecule has 1 aliphatic carbocycles. The minimum Gasteiger partial charge on any atom is -0.330 e. The van der Waals surface area contributed by atoms with Gasteiger partial charge in [-0.3, -0.25) is 4.90 Å². The van der Waals surface area contributed by atoms with Crippen molar-refractivity contribution < 1.29 is 8.42 Å². The molecule has 20 heavy (non-hydrogen) atoms. The Labute approximate surface area is 122 Å². The molecule has 118 valence electrons. The van der Waals surface area contributed by atoms with Crippen LogP contribution in [-0.4, -0.2) is 62.9 Å². The van der Waals surface area contributed by atoms with Gasteiger partial charge in [-0.05, 0) is 52.1 Å². The maximum atomic E-state index is 12.3. The van der Waals surface area contributed by atoms with Gasteiger partial charge in [0.25, 0.3) is 10.2 Å². The van der Waals surface area contributed by atoms with Gasteiger partial charge in [0.1, 0.15) is 0 Å². The first-order chi connectivity index (χ1) is 9.44. The van der Waals surface area contributed by atoms with Gasteiger partial charge < -0.3 is 5.73 Å². The van der Waals surface area contributed by atoms with Crippen molar-refractivity contribution in [2.24, 2.45) is 11.7 Å². The Hall–Kier alpha value is -0.210. The molecule has 1 aliphatic heterocycles.